The van der Waals surface area contributed by atoms with Crippen LogP contribution in [0.15, 0.2) is 30.3 Å². The predicted octanol–water partition coefficient (Wildman–Crippen LogP) is 3.57. The number of rotatable bonds is 4. The molecule has 0 heterocycles. The van der Waals surface area contributed by atoms with Crippen LogP contribution in [-0.4, -0.2) is 12.6 Å². The van der Waals surface area contributed by atoms with Gasteiger partial charge in [0.15, 0.2) is 0 Å². The van der Waals surface area contributed by atoms with Crippen LogP contribution in [0.2, 0.25) is 0 Å². The highest BCUT2D eigenvalue weighted by atomic mass is 14.9. The van der Waals surface area contributed by atoms with Gasteiger partial charge in [-0.3, -0.25) is 0 Å². The van der Waals surface area contributed by atoms with E-state index >= 15 is 0 Å². The molecule has 92 valence electrons. The molecule has 0 radical (unpaired) electrons. The van der Waals surface area contributed by atoms with Gasteiger partial charge in [0.2, 0.25) is 0 Å². The summed E-state index contributed by atoms with van der Waals surface area (Å²) in [6.45, 7) is 3.47. The zero-order chi connectivity index (χ0) is 11.7. The minimum Gasteiger partial charge on any atom is -0.313 e. The van der Waals surface area contributed by atoms with Crippen LogP contribution in [0.1, 0.15) is 44.1 Å². The maximum Gasteiger partial charge on any atom is 0.00983 e. The van der Waals surface area contributed by atoms with E-state index in [1.54, 1.807) is 0 Å². The SMILES string of the molecule is CC(CNC1CCCC2CC21)c1ccccc1. The Morgan fingerprint density at radius 2 is 2.06 bits per heavy atom. The van der Waals surface area contributed by atoms with E-state index in [2.05, 4.69) is 42.6 Å². The molecule has 1 aromatic rings. The molecular weight excluding hydrogens is 206 g/mol. The molecule has 2 aliphatic rings. The Morgan fingerprint density at radius 1 is 1.24 bits per heavy atom. The molecule has 0 aliphatic heterocycles. The molecule has 2 saturated carbocycles. The van der Waals surface area contributed by atoms with Crippen molar-refractivity contribution < 1.29 is 0 Å². The van der Waals surface area contributed by atoms with Crippen molar-refractivity contribution in [1.29, 1.82) is 0 Å². The zero-order valence-electron chi connectivity index (χ0n) is 10.7. The van der Waals surface area contributed by atoms with E-state index in [0.717, 1.165) is 24.4 Å². The lowest BCUT2D eigenvalue weighted by Gasteiger charge is -2.24. The highest BCUT2D eigenvalue weighted by molar-refractivity contribution is 5.19. The second kappa shape index (κ2) is 4.81. The van der Waals surface area contributed by atoms with Gasteiger partial charge in [-0.05, 0) is 36.2 Å². The molecule has 1 nitrogen and oxygen atoms in total. The zero-order valence-corrected chi connectivity index (χ0v) is 10.7. The summed E-state index contributed by atoms with van der Waals surface area (Å²) in [5.41, 5.74) is 1.46. The maximum absolute atomic E-state index is 3.81. The fourth-order valence-electron chi connectivity index (χ4n) is 3.39. The predicted molar refractivity (Wildman–Crippen MR) is 72.1 cm³/mol. The summed E-state index contributed by atoms with van der Waals surface area (Å²) in [7, 11) is 0. The standard InChI is InChI=1S/C16H23N/c1-12(13-6-3-2-4-7-13)11-17-16-9-5-8-14-10-15(14)16/h2-4,6-7,12,14-17H,5,8-11H2,1H3. The van der Waals surface area contributed by atoms with E-state index in [9.17, 15) is 0 Å². The molecule has 0 amide bonds. The number of hydrogen-bond acceptors (Lipinski definition) is 1. The summed E-state index contributed by atoms with van der Waals surface area (Å²) >= 11 is 0. The monoisotopic (exact) mass is 229 g/mol. The summed E-state index contributed by atoms with van der Waals surface area (Å²) in [6.07, 6.45) is 5.84. The van der Waals surface area contributed by atoms with E-state index in [4.69, 9.17) is 0 Å². The fourth-order valence-corrected chi connectivity index (χ4v) is 3.39. The van der Waals surface area contributed by atoms with Crippen molar-refractivity contribution in [2.75, 3.05) is 6.54 Å². The van der Waals surface area contributed by atoms with Gasteiger partial charge < -0.3 is 5.32 Å². The minimum atomic E-state index is 0.635. The first-order valence-electron chi connectivity index (χ1n) is 7.13. The molecule has 0 bridgehead atoms. The Hall–Kier alpha value is -0.820. The van der Waals surface area contributed by atoms with Crippen LogP contribution in [-0.2, 0) is 0 Å². The van der Waals surface area contributed by atoms with Crippen LogP contribution < -0.4 is 5.32 Å². The maximum atomic E-state index is 3.81. The smallest absolute Gasteiger partial charge is 0.00983 e. The Labute approximate surface area is 105 Å². The van der Waals surface area contributed by atoms with Crippen molar-refractivity contribution in [3.05, 3.63) is 35.9 Å². The molecule has 1 N–H and O–H groups in total. The quantitative estimate of drug-likeness (QED) is 0.832. The van der Waals surface area contributed by atoms with Gasteiger partial charge >= 0.3 is 0 Å². The van der Waals surface area contributed by atoms with Crippen LogP contribution >= 0.6 is 0 Å². The molecule has 0 aromatic heterocycles. The van der Waals surface area contributed by atoms with Gasteiger partial charge in [-0.1, -0.05) is 50.1 Å². The molecule has 1 aromatic carbocycles. The lowest BCUT2D eigenvalue weighted by molar-refractivity contribution is 0.348. The second-order valence-corrected chi connectivity index (χ2v) is 5.92. The first-order valence-corrected chi connectivity index (χ1v) is 7.13. The third-order valence-corrected chi connectivity index (χ3v) is 4.64. The van der Waals surface area contributed by atoms with Crippen molar-refractivity contribution in [1.82, 2.24) is 5.32 Å². The number of nitrogens with one attached hydrogen (secondary N) is 1. The van der Waals surface area contributed by atoms with Gasteiger partial charge in [-0.2, -0.15) is 0 Å². The second-order valence-electron chi connectivity index (χ2n) is 5.92. The number of hydrogen-bond donors (Lipinski definition) is 1. The van der Waals surface area contributed by atoms with Gasteiger partial charge in [0.25, 0.3) is 0 Å². The first kappa shape index (κ1) is 11.3. The van der Waals surface area contributed by atoms with Gasteiger partial charge in [-0.15, -0.1) is 0 Å². The lowest BCUT2D eigenvalue weighted by Crippen LogP contribution is -2.35. The summed E-state index contributed by atoms with van der Waals surface area (Å²) in [6, 6.07) is 11.7. The minimum absolute atomic E-state index is 0.635. The highest BCUT2D eigenvalue weighted by Crippen LogP contribution is 2.49. The van der Waals surface area contributed by atoms with Crippen molar-refractivity contribution in [2.45, 2.75) is 44.6 Å². The summed E-state index contributed by atoms with van der Waals surface area (Å²) in [5.74, 6) is 2.73. The first-order chi connectivity index (χ1) is 8.34. The Balaban J connectivity index is 1.51. The molecule has 2 fully saturated rings. The number of benzene rings is 1. The van der Waals surface area contributed by atoms with E-state index in [1.165, 1.54) is 31.2 Å². The molecule has 4 atom stereocenters. The normalized spacial score (nSPS) is 32.9. The fraction of sp³-hybridized carbons (Fsp3) is 0.625. The van der Waals surface area contributed by atoms with Gasteiger partial charge in [0.1, 0.15) is 0 Å². The molecule has 17 heavy (non-hydrogen) atoms. The van der Waals surface area contributed by atoms with Gasteiger partial charge in [0, 0.05) is 12.6 Å². The van der Waals surface area contributed by atoms with Crippen LogP contribution in [0.4, 0.5) is 0 Å². The third kappa shape index (κ3) is 2.55. The highest BCUT2D eigenvalue weighted by Gasteiger charge is 2.44. The van der Waals surface area contributed by atoms with Gasteiger partial charge in [0.05, 0.1) is 0 Å². The molecule has 3 rings (SSSR count). The van der Waals surface area contributed by atoms with E-state index < -0.39 is 0 Å². The Morgan fingerprint density at radius 3 is 2.88 bits per heavy atom. The van der Waals surface area contributed by atoms with Crippen molar-refractivity contribution in [3.63, 3.8) is 0 Å². The average Bonchev–Trinajstić information content (AvgIpc) is 3.16. The van der Waals surface area contributed by atoms with E-state index in [-0.39, 0.29) is 0 Å². The molecule has 4 unspecified atom stereocenters. The molecule has 0 spiro atoms. The Bertz CT molecular complexity index is 359. The van der Waals surface area contributed by atoms with Crippen LogP contribution in [0.5, 0.6) is 0 Å². The van der Waals surface area contributed by atoms with E-state index in [1.807, 2.05) is 0 Å². The van der Waals surface area contributed by atoms with E-state index in [0.29, 0.717) is 5.92 Å². The third-order valence-electron chi connectivity index (χ3n) is 4.64. The summed E-state index contributed by atoms with van der Waals surface area (Å²) in [5, 5.41) is 3.81. The van der Waals surface area contributed by atoms with Crippen LogP contribution in [0.3, 0.4) is 0 Å². The van der Waals surface area contributed by atoms with Crippen molar-refractivity contribution >= 4 is 0 Å². The lowest BCUT2D eigenvalue weighted by atomic mass is 9.94. The van der Waals surface area contributed by atoms with Crippen molar-refractivity contribution in [3.8, 4) is 0 Å². The summed E-state index contributed by atoms with van der Waals surface area (Å²) in [4.78, 5) is 0. The number of fused-ring (bicyclic) bond motifs is 1. The average molecular weight is 229 g/mol. The molecule has 1 heteroatoms. The van der Waals surface area contributed by atoms with Crippen LogP contribution in [0.25, 0.3) is 0 Å². The molecule has 0 saturated heterocycles. The van der Waals surface area contributed by atoms with Crippen molar-refractivity contribution in [2.24, 2.45) is 11.8 Å². The van der Waals surface area contributed by atoms with Crippen LogP contribution in [0, 0.1) is 11.8 Å². The molecule has 2 aliphatic carbocycles. The van der Waals surface area contributed by atoms with Gasteiger partial charge in [-0.25, -0.2) is 0 Å². The molecular formula is C16H23N. The summed E-state index contributed by atoms with van der Waals surface area (Å²) < 4.78 is 0. The topological polar surface area (TPSA) is 12.0 Å². The largest absolute Gasteiger partial charge is 0.313 e. The Kier molecular flexibility index (Phi) is 3.19.